The van der Waals surface area contributed by atoms with Crippen molar-refractivity contribution in [1.29, 1.82) is 0 Å². The van der Waals surface area contributed by atoms with E-state index in [9.17, 15) is 9.59 Å². The molecule has 1 unspecified atom stereocenters. The summed E-state index contributed by atoms with van der Waals surface area (Å²) in [6, 6.07) is 17.1. The third-order valence-corrected chi connectivity index (χ3v) is 5.60. The van der Waals surface area contributed by atoms with Crippen LogP contribution in [0.5, 0.6) is 5.75 Å². The van der Waals surface area contributed by atoms with E-state index in [2.05, 4.69) is 10.6 Å². The van der Waals surface area contributed by atoms with Gasteiger partial charge in [0.25, 0.3) is 0 Å². The molecule has 2 aromatic rings. The molecule has 2 aromatic carbocycles. The van der Waals surface area contributed by atoms with Gasteiger partial charge in [-0.05, 0) is 48.6 Å². The maximum Gasteiger partial charge on any atom is 0.321 e. The second-order valence-corrected chi connectivity index (χ2v) is 7.48. The first-order valence-corrected chi connectivity index (χ1v) is 10.1. The largest absolute Gasteiger partial charge is 0.497 e. The van der Waals surface area contributed by atoms with Crippen molar-refractivity contribution in [3.63, 3.8) is 0 Å². The molecule has 154 valence electrons. The number of anilines is 1. The van der Waals surface area contributed by atoms with Crippen molar-refractivity contribution in [3.8, 4) is 5.75 Å². The minimum atomic E-state index is -0.0775. The minimum absolute atomic E-state index is 0.0630. The summed E-state index contributed by atoms with van der Waals surface area (Å²) >= 11 is 0. The fraction of sp³-hybridized carbons (Fsp3) is 0.391. The number of carbonyl (C=O) groups excluding carboxylic acids is 2. The lowest BCUT2D eigenvalue weighted by atomic mass is 9.85. The van der Waals surface area contributed by atoms with Crippen LogP contribution in [0.4, 0.5) is 10.5 Å². The monoisotopic (exact) mass is 395 g/mol. The van der Waals surface area contributed by atoms with Crippen LogP contribution in [0, 0.1) is 11.8 Å². The number of methoxy groups -OCH3 is 1. The standard InChI is InChI=1S/C23H29N3O3/c1-17(22(27)24-16-18-8-10-21(29-2)11-9-18)19-12-14-26(15-13-19)23(28)25-20-6-4-3-5-7-20/h3-11,17,19H,12-16H2,1-2H3,(H,24,27)(H,25,28). The first-order chi connectivity index (χ1) is 14.1. The van der Waals surface area contributed by atoms with Gasteiger partial charge in [-0.2, -0.15) is 0 Å². The quantitative estimate of drug-likeness (QED) is 0.779. The Hall–Kier alpha value is -3.02. The molecule has 3 rings (SSSR count). The lowest BCUT2D eigenvalue weighted by Gasteiger charge is -2.34. The van der Waals surface area contributed by atoms with Crippen molar-refractivity contribution in [1.82, 2.24) is 10.2 Å². The van der Waals surface area contributed by atoms with E-state index in [1.807, 2.05) is 66.4 Å². The van der Waals surface area contributed by atoms with E-state index in [-0.39, 0.29) is 23.8 Å². The highest BCUT2D eigenvalue weighted by atomic mass is 16.5. The van der Waals surface area contributed by atoms with Gasteiger partial charge in [0.2, 0.25) is 5.91 Å². The zero-order valence-corrected chi connectivity index (χ0v) is 17.1. The molecular weight excluding hydrogens is 366 g/mol. The molecular formula is C23H29N3O3. The number of piperidine rings is 1. The molecule has 6 heteroatoms. The van der Waals surface area contributed by atoms with Crippen molar-refractivity contribution in [2.24, 2.45) is 11.8 Å². The molecule has 1 fully saturated rings. The van der Waals surface area contributed by atoms with Crippen LogP contribution in [0.2, 0.25) is 0 Å². The van der Waals surface area contributed by atoms with Gasteiger partial charge in [0.15, 0.2) is 0 Å². The van der Waals surface area contributed by atoms with Crippen molar-refractivity contribution >= 4 is 17.6 Å². The molecule has 0 aromatic heterocycles. The predicted octanol–water partition coefficient (Wildman–Crippen LogP) is 3.89. The molecule has 1 aliphatic heterocycles. The Morgan fingerprint density at radius 1 is 1.07 bits per heavy atom. The number of para-hydroxylation sites is 1. The Morgan fingerprint density at radius 3 is 2.34 bits per heavy atom. The Bertz CT molecular complexity index is 800. The summed E-state index contributed by atoms with van der Waals surface area (Å²) < 4.78 is 5.15. The first-order valence-electron chi connectivity index (χ1n) is 10.1. The van der Waals surface area contributed by atoms with Crippen LogP contribution >= 0.6 is 0 Å². The van der Waals surface area contributed by atoms with E-state index in [1.165, 1.54) is 0 Å². The molecule has 0 radical (unpaired) electrons. The molecule has 1 heterocycles. The molecule has 1 aliphatic rings. The maximum atomic E-state index is 12.6. The summed E-state index contributed by atoms with van der Waals surface area (Å²) in [7, 11) is 1.63. The van der Waals surface area contributed by atoms with Crippen molar-refractivity contribution in [2.75, 3.05) is 25.5 Å². The second kappa shape index (κ2) is 9.96. The maximum absolute atomic E-state index is 12.6. The van der Waals surface area contributed by atoms with Gasteiger partial charge in [-0.3, -0.25) is 4.79 Å². The van der Waals surface area contributed by atoms with Crippen LogP contribution < -0.4 is 15.4 Å². The third-order valence-electron chi connectivity index (χ3n) is 5.60. The zero-order chi connectivity index (χ0) is 20.6. The lowest BCUT2D eigenvalue weighted by molar-refractivity contribution is -0.126. The van der Waals surface area contributed by atoms with E-state index in [4.69, 9.17) is 4.74 Å². The van der Waals surface area contributed by atoms with Gasteiger partial charge < -0.3 is 20.3 Å². The summed E-state index contributed by atoms with van der Waals surface area (Å²) in [4.78, 5) is 26.8. The fourth-order valence-corrected chi connectivity index (χ4v) is 3.63. The Kier molecular flexibility index (Phi) is 7.11. The number of rotatable bonds is 6. The first kappa shape index (κ1) is 20.7. The average Bonchev–Trinajstić information content (AvgIpc) is 2.78. The lowest BCUT2D eigenvalue weighted by Crippen LogP contribution is -2.44. The van der Waals surface area contributed by atoms with E-state index in [0.717, 1.165) is 29.8 Å². The van der Waals surface area contributed by atoms with E-state index >= 15 is 0 Å². The van der Waals surface area contributed by atoms with Gasteiger partial charge in [-0.25, -0.2) is 4.79 Å². The van der Waals surface area contributed by atoms with E-state index in [1.54, 1.807) is 7.11 Å². The number of likely N-dealkylation sites (tertiary alicyclic amines) is 1. The van der Waals surface area contributed by atoms with Gasteiger partial charge in [-0.1, -0.05) is 37.3 Å². The third kappa shape index (κ3) is 5.73. The Balaban J connectivity index is 1.43. The van der Waals surface area contributed by atoms with Gasteiger partial charge >= 0.3 is 6.03 Å². The molecule has 1 atom stereocenters. The number of carbonyl (C=O) groups is 2. The molecule has 0 spiro atoms. The molecule has 0 saturated carbocycles. The predicted molar refractivity (Wildman–Crippen MR) is 114 cm³/mol. The zero-order valence-electron chi connectivity index (χ0n) is 17.1. The molecule has 3 amide bonds. The van der Waals surface area contributed by atoms with Crippen LogP contribution in [0.15, 0.2) is 54.6 Å². The van der Waals surface area contributed by atoms with Crippen LogP contribution in [-0.4, -0.2) is 37.0 Å². The van der Waals surface area contributed by atoms with Crippen molar-refractivity contribution < 1.29 is 14.3 Å². The number of benzene rings is 2. The number of nitrogens with one attached hydrogen (secondary N) is 2. The van der Waals surface area contributed by atoms with Crippen molar-refractivity contribution in [3.05, 3.63) is 60.2 Å². The normalized spacial score (nSPS) is 15.4. The Labute approximate surface area is 172 Å². The molecule has 29 heavy (non-hydrogen) atoms. The van der Waals surface area contributed by atoms with Gasteiger partial charge in [0.05, 0.1) is 7.11 Å². The van der Waals surface area contributed by atoms with Gasteiger partial charge in [0.1, 0.15) is 5.75 Å². The summed E-state index contributed by atoms with van der Waals surface area (Å²) in [5.41, 5.74) is 1.84. The van der Waals surface area contributed by atoms with E-state index < -0.39 is 0 Å². The van der Waals surface area contributed by atoms with E-state index in [0.29, 0.717) is 19.6 Å². The van der Waals surface area contributed by atoms with Crippen molar-refractivity contribution in [2.45, 2.75) is 26.3 Å². The van der Waals surface area contributed by atoms with Crippen LogP contribution in [0.1, 0.15) is 25.3 Å². The average molecular weight is 396 g/mol. The summed E-state index contributed by atoms with van der Waals surface area (Å²) in [6.45, 7) is 3.82. The highest BCUT2D eigenvalue weighted by molar-refractivity contribution is 5.89. The number of urea groups is 1. The molecule has 1 saturated heterocycles. The smallest absolute Gasteiger partial charge is 0.321 e. The summed E-state index contributed by atoms with van der Waals surface area (Å²) in [5.74, 6) is 1.07. The highest BCUT2D eigenvalue weighted by Gasteiger charge is 2.29. The van der Waals surface area contributed by atoms with Gasteiger partial charge in [0, 0.05) is 31.2 Å². The topological polar surface area (TPSA) is 70.7 Å². The second-order valence-electron chi connectivity index (χ2n) is 7.48. The fourth-order valence-electron chi connectivity index (χ4n) is 3.63. The number of amides is 3. The number of hydrogen-bond donors (Lipinski definition) is 2. The number of ether oxygens (including phenoxy) is 1. The number of hydrogen-bond acceptors (Lipinski definition) is 3. The summed E-state index contributed by atoms with van der Waals surface area (Å²) in [5, 5.41) is 5.95. The van der Waals surface area contributed by atoms with Crippen LogP contribution in [-0.2, 0) is 11.3 Å². The molecule has 6 nitrogen and oxygen atoms in total. The highest BCUT2D eigenvalue weighted by Crippen LogP contribution is 2.25. The molecule has 0 aliphatic carbocycles. The van der Waals surface area contributed by atoms with Crippen LogP contribution in [0.25, 0.3) is 0 Å². The molecule has 2 N–H and O–H groups in total. The molecule has 0 bridgehead atoms. The van der Waals surface area contributed by atoms with Crippen LogP contribution in [0.3, 0.4) is 0 Å². The minimum Gasteiger partial charge on any atom is -0.497 e. The van der Waals surface area contributed by atoms with Gasteiger partial charge in [-0.15, -0.1) is 0 Å². The number of nitrogens with zero attached hydrogens (tertiary/aromatic N) is 1. The SMILES string of the molecule is COc1ccc(CNC(=O)C(C)C2CCN(C(=O)Nc3ccccc3)CC2)cc1. The summed E-state index contributed by atoms with van der Waals surface area (Å²) in [6.07, 6.45) is 1.67. The Morgan fingerprint density at radius 2 is 1.72 bits per heavy atom.